The van der Waals surface area contributed by atoms with E-state index in [0.717, 1.165) is 4.90 Å². The lowest BCUT2D eigenvalue weighted by molar-refractivity contribution is -0.167. The maximum atomic E-state index is 13.4. The molecular weight excluding hydrogens is 398 g/mol. The van der Waals surface area contributed by atoms with Crippen LogP contribution in [0.2, 0.25) is 0 Å². The zero-order valence-corrected chi connectivity index (χ0v) is 19.9. The van der Waals surface area contributed by atoms with Gasteiger partial charge in [0.2, 0.25) is 17.6 Å². The number of hydrogen-bond acceptors (Lipinski definition) is 6. The normalized spacial score (nSPS) is 18.4. The average Bonchev–Trinajstić information content (AvgIpc) is 2.60. The number of carbonyl (C=O) groups is 3. The van der Waals surface area contributed by atoms with Crippen molar-refractivity contribution in [2.45, 2.75) is 85.2 Å². The molecule has 170 valence electrons. The Hall–Kier alpha value is -2.67. The highest BCUT2D eigenvalue weighted by atomic mass is 16.6. The molecule has 1 atom stereocenters. The van der Waals surface area contributed by atoms with Gasteiger partial charge in [0.15, 0.2) is 0 Å². The lowest BCUT2D eigenvalue weighted by atomic mass is 10.0. The maximum Gasteiger partial charge on any atom is 0.273 e. The zero-order chi connectivity index (χ0) is 23.8. The molecular formula is C24H33NO6. The molecule has 1 aliphatic heterocycles. The summed E-state index contributed by atoms with van der Waals surface area (Å²) >= 11 is 0. The first-order valence-electron chi connectivity index (χ1n) is 10.3. The van der Waals surface area contributed by atoms with Crippen LogP contribution in [-0.2, 0) is 23.8 Å². The number of hydrogen-bond donors (Lipinski definition) is 0. The van der Waals surface area contributed by atoms with Gasteiger partial charge < -0.3 is 14.2 Å². The summed E-state index contributed by atoms with van der Waals surface area (Å²) in [6.45, 7) is 15.8. The molecule has 1 heterocycles. The first kappa shape index (κ1) is 24.6. The van der Waals surface area contributed by atoms with Gasteiger partial charge >= 0.3 is 0 Å². The van der Waals surface area contributed by atoms with Gasteiger partial charge in [-0.05, 0) is 74.4 Å². The van der Waals surface area contributed by atoms with Gasteiger partial charge in [0, 0.05) is 5.56 Å². The van der Waals surface area contributed by atoms with Gasteiger partial charge in [0.25, 0.3) is 17.7 Å². The number of ether oxygens (including phenoxy) is 3. The van der Waals surface area contributed by atoms with Crippen molar-refractivity contribution < 1.29 is 28.6 Å². The van der Waals surface area contributed by atoms with E-state index in [4.69, 9.17) is 14.2 Å². The van der Waals surface area contributed by atoms with Crippen molar-refractivity contribution in [3.8, 4) is 0 Å². The van der Waals surface area contributed by atoms with E-state index in [2.05, 4.69) is 0 Å². The molecule has 0 saturated carbocycles. The van der Waals surface area contributed by atoms with Crippen LogP contribution in [0.5, 0.6) is 0 Å². The zero-order valence-electron chi connectivity index (χ0n) is 19.9. The fourth-order valence-corrected chi connectivity index (χ4v) is 2.80. The molecule has 1 unspecified atom stereocenters. The van der Waals surface area contributed by atoms with Crippen LogP contribution in [0.1, 0.15) is 72.7 Å². The molecule has 0 spiro atoms. The molecule has 1 aromatic carbocycles. The third kappa shape index (κ3) is 6.40. The quantitative estimate of drug-likeness (QED) is 0.524. The summed E-state index contributed by atoms with van der Waals surface area (Å²) in [4.78, 5) is 41.0. The molecule has 7 heteroatoms. The number of imide groups is 1. The topological polar surface area (TPSA) is 82.1 Å². The average molecular weight is 432 g/mol. The van der Waals surface area contributed by atoms with Gasteiger partial charge in [-0.25, -0.2) is 4.90 Å². The maximum absolute atomic E-state index is 13.4. The predicted octanol–water partition coefficient (Wildman–Crippen LogP) is 4.22. The standard InChI is InChI=1S/C24H33NO6/c1-22(2,3)29-17-16(26)18(30-23(4,5)6)21(31-24(7,8)9)25(20(17)28)19(27)15-13-11-10-12-14-15/h10-14,17H,1-9H3. The summed E-state index contributed by atoms with van der Waals surface area (Å²) in [6.07, 6.45) is -1.53. The lowest BCUT2D eigenvalue weighted by Gasteiger charge is -2.38. The van der Waals surface area contributed by atoms with Crippen LogP contribution in [0.4, 0.5) is 0 Å². The number of ketones is 1. The molecule has 0 aromatic heterocycles. The van der Waals surface area contributed by atoms with Crippen LogP contribution < -0.4 is 0 Å². The Morgan fingerprint density at radius 3 is 1.77 bits per heavy atom. The van der Waals surface area contributed by atoms with Gasteiger partial charge in [-0.3, -0.25) is 14.4 Å². The first-order chi connectivity index (χ1) is 14.0. The summed E-state index contributed by atoms with van der Waals surface area (Å²) < 4.78 is 17.7. The fourth-order valence-electron chi connectivity index (χ4n) is 2.80. The molecule has 1 aliphatic rings. The molecule has 2 amide bonds. The van der Waals surface area contributed by atoms with E-state index in [1.807, 2.05) is 0 Å². The minimum Gasteiger partial charge on any atom is -0.480 e. The smallest absolute Gasteiger partial charge is 0.273 e. The Balaban J connectivity index is 2.74. The number of benzene rings is 1. The summed E-state index contributed by atoms with van der Waals surface area (Å²) in [7, 11) is 0. The van der Waals surface area contributed by atoms with Crippen LogP contribution in [0, 0.1) is 0 Å². The number of Topliss-reactive ketones (excluding diaryl/α,β-unsaturated/α-hetero) is 1. The highest BCUT2D eigenvalue weighted by molar-refractivity contribution is 6.20. The van der Waals surface area contributed by atoms with Crippen molar-refractivity contribution in [1.82, 2.24) is 4.90 Å². The van der Waals surface area contributed by atoms with Gasteiger partial charge in [-0.1, -0.05) is 18.2 Å². The third-order valence-corrected chi connectivity index (χ3v) is 3.81. The number of amides is 2. The number of rotatable bonds is 4. The highest BCUT2D eigenvalue weighted by Gasteiger charge is 2.50. The van der Waals surface area contributed by atoms with Crippen LogP contribution >= 0.6 is 0 Å². The van der Waals surface area contributed by atoms with E-state index in [0.29, 0.717) is 0 Å². The summed E-state index contributed by atoms with van der Waals surface area (Å²) in [5, 5.41) is 0. The second kappa shape index (κ2) is 8.46. The molecule has 0 bridgehead atoms. The monoisotopic (exact) mass is 431 g/mol. The molecule has 0 aliphatic carbocycles. The minimum atomic E-state index is -1.53. The first-order valence-corrected chi connectivity index (χ1v) is 10.3. The lowest BCUT2D eigenvalue weighted by Crippen LogP contribution is -2.55. The van der Waals surface area contributed by atoms with Crippen LogP contribution in [0.3, 0.4) is 0 Å². The summed E-state index contributed by atoms with van der Waals surface area (Å²) in [6, 6.07) is 8.32. The molecule has 0 saturated heterocycles. The van der Waals surface area contributed by atoms with Gasteiger partial charge in [-0.15, -0.1) is 0 Å². The summed E-state index contributed by atoms with van der Waals surface area (Å²) in [5.41, 5.74) is -2.14. The Kier molecular flexibility index (Phi) is 6.71. The Morgan fingerprint density at radius 1 is 0.806 bits per heavy atom. The van der Waals surface area contributed by atoms with Crippen molar-refractivity contribution >= 4 is 17.6 Å². The largest absolute Gasteiger partial charge is 0.480 e. The molecule has 31 heavy (non-hydrogen) atoms. The Labute approximate surface area is 184 Å². The summed E-state index contributed by atoms with van der Waals surface area (Å²) in [5.74, 6) is -2.55. The van der Waals surface area contributed by atoms with Crippen molar-refractivity contribution in [2.75, 3.05) is 0 Å². The molecule has 0 radical (unpaired) electrons. The van der Waals surface area contributed by atoms with Crippen LogP contribution in [0.15, 0.2) is 42.0 Å². The Bertz CT molecular complexity index is 881. The second-order valence-corrected chi connectivity index (χ2v) is 10.4. The van der Waals surface area contributed by atoms with Crippen LogP contribution in [0.25, 0.3) is 0 Å². The molecule has 0 fully saturated rings. The van der Waals surface area contributed by atoms with Crippen molar-refractivity contribution in [3.63, 3.8) is 0 Å². The number of carbonyl (C=O) groups excluding carboxylic acids is 3. The molecule has 2 rings (SSSR count). The highest BCUT2D eigenvalue weighted by Crippen LogP contribution is 2.33. The van der Waals surface area contributed by atoms with Gasteiger partial charge in [-0.2, -0.15) is 0 Å². The van der Waals surface area contributed by atoms with E-state index in [1.54, 1.807) is 92.6 Å². The molecule has 0 N–H and O–H groups in total. The van der Waals surface area contributed by atoms with Gasteiger partial charge in [0.05, 0.1) is 5.60 Å². The second-order valence-electron chi connectivity index (χ2n) is 10.4. The van der Waals surface area contributed by atoms with Crippen molar-refractivity contribution in [3.05, 3.63) is 47.5 Å². The Morgan fingerprint density at radius 2 is 1.32 bits per heavy atom. The van der Waals surface area contributed by atoms with Gasteiger partial charge in [0.1, 0.15) is 11.2 Å². The fraction of sp³-hybridized carbons (Fsp3) is 0.542. The number of nitrogens with zero attached hydrogens (tertiary/aromatic N) is 1. The van der Waals surface area contributed by atoms with E-state index >= 15 is 0 Å². The van der Waals surface area contributed by atoms with E-state index < -0.39 is 40.5 Å². The van der Waals surface area contributed by atoms with Crippen molar-refractivity contribution in [2.24, 2.45) is 0 Å². The van der Waals surface area contributed by atoms with E-state index in [1.165, 1.54) is 0 Å². The minimum absolute atomic E-state index is 0.208. The predicted molar refractivity (Wildman–Crippen MR) is 116 cm³/mol. The molecule has 7 nitrogen and oxygen atoms in total. The van der Waals surface area contributed by atoms with Crippen LogP contribution in [-0.4, -0.2) is 45.4 Å². The van der Waals surface area contributed by atoms with Crippen molar-refractivity contribution in [1.29, 1.82) is 0 Å². The SMILES string of the molecule is CC(C)(C)OC1=C(OC(C)(C)C)N(C(=O)c2ccccc2)C(=O)C(OC(C)(C)C)C1=O. The third-order valence-electron chi connectivity index (χ3n) is 3.81. The van der Waals surface area contributed by atoms with E-state index in [9.17, 15) is 14.4 Å². The van der Waals surface area contributed by atoms with E-state index in [-0.39, 0.29) is 17.2 Å². The molecule has 1 aromatic rings.